The summed E-state index contributed by atoms with van der Waals surface area (Å²) >= 11 is 0. The van der Waals surface area contributed by atoms with Crippen LogP contribution in [0.15, 0.2) is 22.6 Å². The molecule has 0 spiro atoms. The summed E-state index contributed by atoms with van der Waals surface area (Å²) in [6, 6.07) is 4.87. The Morgan fingerprint density at radius 3 is 2.95 bits per heavy atom. The minimum absolute atomic E-state index is 0.165. The number of amides is 1. The SMILES string of the molecule is Cc1nc2cc(NC(=O)C(N)C3CCOCC3)ccc2o1. The Labute approximate surface area is 122 Å². The molecule has 1 fully saturated rings. The van der Waals surface area contributed by atoms with Gasteiger partial charge in [-0.3, -0.25) is 4.79 Å². The van der Waals surface area contributed by atoms with Crippen LogP contribution in [0.25, 0.3) is 11.1 Å². The summed E-state index contributed by atoms with van der Waals surface area (Å²) in [6.45, 7) is 3.14. The van der Waals surface area contributed by atoms with E-state index in [1.807, 2.05) is 0 Å². The number of carbonyl (C=O) groups is 1. The number of benzene rings is 1. The number of hydrogen-bond acceptors (Lipinski definition) is 5. The van der Waals surface area contributed by atoms with Gasteiger partial charge in [-0.25, -0.2) is 4.98 Å². The number of hydrogen-bond donors (Lipinski definition) is 2. The Morgan fingerprint density at radius 2 is 2.19 bits per heavy atom. The zero-order chi connectivity index (χ0) is 14.8. The van der Waals surface area contributed by atoms with E-state index in [0.717, 1.165) is 18.4 Å². The Hall–Kier alpha value is -1.92. The van der Waals surface area contributed by atoms with Crippen LogP contribution < -0.4 is 11.1 Å². The van der Waals surface area contributed by atoms with E-state index >= 15 is 0 Å². The van der Waals surface area contributed by atoms with Crippen molar-refractivity contribution in [2.75, 3.05) is 18.5 Å². The molecule has 21 heavy (non-hydrogen) atoms. The molecular weight excluding hydrogens is 270 g/mol. The van der Waals surface area contributed by atoms with Gasteiger partial charge >= 0.3 is 0 Å². The third kappa shape index (κ3) is 3.06. The highest BCUT2D eigenvalue weighted by Crippen LogP contribution is 2.22. The summed E-state index contributed by atoms with van der Waals surface area (Å²) in [5.74, 6) is 0.616. The molecule has 6 nitrogen and oxygen atoms in total. The molecule has 1 aromatic heterocycles. The van der Waals surface area contributed by atoms with E-state index in [9.17, 15) is 4.79 Å². The van der Waals surface area contributed by atoms with Gasteiger partial charge < -0.3 is 20.2 Å². The number of anilines is 1. The fraction of sp³-hybridized carbons (Fsp3) is 0.467. The molecule has 3 rings (SSSR count). The van der Waals surface area contributed by atoms with Crippen molar-refractivity contribution in [1.29, 1.82) is 0 Å². The van der Waals surface area contributed by atoms with E-state index in [4.69, 9.17) is 14.9 Å². The van der Waals surface area contributed by atoms with Gasteiger partial charge in [-0.15, -0.1) is 0 Å². The van der Waals surface area contributed by atoms with Crippen molar-refractivity contribution in [3.05, 3.63) is 24.1 Å². The molecule has 1 unspecified atom stereocenters. The Morgan fingerprint density at radius 1 is 1.43 bits per heavy atom. The van der Waals surface area contributed by atoms with Crippen LogP contribution in [-0.2, 0) is 9.53 Å². The molecule has 1 amide bonds. The Balaban J connectivity index is 1.69. The minimum atomic E-state index is -0.511. The second-order valence-corrected chi connectivity index (χ2v) is 5.38. The van der Waals surface area contributed by atoms with Crippen molar-refractivity contribution in [1.82, 2.24) is 4.98 Å². The number of nitrogens with zero attached hydrogens (tertiary/aromatic N) is 1. The smallest absolute Gasteiger partial charge is 0.241 e. The molecule has 1 aliphatic rings. The summed E-state index contributed by atoms with van der Waals surface area (Å²) in [7, 11) is 0. The second kappa shape index (κ2) is 5.83. The van der Waals surface area contributed by atoms with E-state index in [1.165, 1.54) is 0 Å². The van der Waals surface area contributed by atoms with Gasteiger partial charge in [0, 0.05) is 25.8 Å². The van der Waals surface area contributed by atoms with Gasteiger partial charge in [0.25, 0.3) is 0 Å². The highest BCUT2D eigenvalue weighted by molar-refractivity contribution is 5.96. The maximum Gasteiger partial charge on any atom is 0.241 e. The van der Waals surface area contributed by atoms with Crippen molar-refractivity contribution in [3.8, 4) is 0 Å². The molecular formula is C15H19N3O3. The van der Waals surface area contributed by atoms with E-state index < -0.39 is 6.04 Å². The third-order valence-electron chi connectivity index (χ3n) is 3.84. The van der Waals surface area contributed by atoms with Crippen LogP contribution in [0.1, 0.15) is 18.7 Å². The molecule has 1 atom stereocenters. The zero-order valence-electron chi connectivity index (χ0n) is 12.0. The van der Waals surface area contributed by atoms with Crippen LogP contribution in [-0.4, -0.2) is 30.1 Å². The maximum absolute atomic E-state index is 12.2. The fourth-order valence-electron chi connectivity index (χ4n) is 2.63. The van der Waals surface area contributed by atoms with Gasteiger partial charge in [0.1, 0.15) is 5.52 Å². The van der Waals surface area contributed by atoms with E-state index in [2.05, 4.69) is 10.3 Å². The number of oxazole rings is 1. The monoisotopic (exact) mass is 289 g/mol. The predicted octanol–water partition coefficient (Wildman–Crippen LogP) is 1.83. The van der Waals surface area contributed by atoms with Crippen LogP contribution in [0.2, 0.25) is 0 Å². The lowest BCUT2D eigenvalue weighted by Crippen LogP contribution is -2.43. The summed E-state index contributed by atoms with van der Waals surface area (Å²) in [5, 5.41) is 2.85. The lowest BCUT2D eigenvalue weighted by molar-refractivity contribution is -0.119. The van der Waals surface area contributed by atoms with Gasteiger partial charge in [0.2, 0.25) is 5.91 Å². The van der Waals surface area contributed by atoms with Gasteiger partial charge in [-0.2, -0.15) is 0 Å². The molecule has 1 aliphatic heterocycles. The van der Waals surface area contributed by atoms with E-state index in [-0.39, 0.29) is 11.8 Å². The number of aryl methyl sites for hydroxylation is 1. The van der Waals surface area contributed by atoms with Gasteiger partial charge in [-0.1, -0.05) is 0 Å². The standard InChI is InChI=1S/C15H19N3O3/c1-9-17-12-8-11(2-3-13(12)21-9)18-15(19)14(16)10-4-6-20-7-5-10/h2-3,8,10,14H,4-7,16H2,1H3,(H,18,19). The molecule has 1 saturated heterocycles. The summed E-state index contributed by atoms with van der Waals surface area (Å²) in [4.78, 5) is 16.5. The molecule has 6 heteroatoms. The fourth-order valence-corrected chi connectivity index (χ4v) is 2.63. The van der Waals surface area contributed by atoms with E-state index in [0.29, 0.717) is 30.4 Å². The van der Waals surface area contributed by atoms with Crippen LogP contribution in [0.5, 0.6) is 0 Å². The van der Waals surface area contributed by atoms with Crippen LogP contribution in [0.3, 0.4) is 0 Å². The average molecular weight is 289 g/mol. The lowest BCUT2D eigenvalue weighted by atomic mass is 9.92. The minimum Gasteiger partial charge on any atom is -0.441 e. The van der Waals surface area contributed by atoms with Gasteiger partial charge in [0.15, 0.2) is 11.5 Å². The number of fused-ring (bicyclic) bond motifs is 1. The Bertz CT molecular complexity index is 647. The molecule has 0 radical (unpaired) electrons. The predicted molar refractivity (Wildman–Crippen MR) is 78.9 cm³/mol. The highest BCUT2D eigenvalue weighted by Gasteiger charge is 2.26. The number of carbonyl (C=O) groups excluding carboxylic acids is 1. The number of aromatic nitrogens is 1. The molecule has 0 saturated carbocycles. The molecule has 2 heterocycles. The van der Waals surface area contributed by atoms with Crippen LogP contribution >= 0.6 is 0 Å². The average Bonchev–Trinajstić information content (AvgIpc) is 2.86. The quantitative estimate of drug-likeness (QED) is 0.899. The molecule has 2 aromatic rings. The van der Waals surface area contributed by atoms with Crippen molar-refractivity contribution in [3.63, 3.8) is 0 Å². The maximum atomic E-state index is 12.2. The molecule has 112 valence electrons. The topological polar surface area (TPSA) is 90.4 Å². The van der Waals surface area contributed by atoms with Crippen molar-refractivity contribution < 1.29 is 13.9 Å². The molecule has 3 N–H and O–H groups in total. The normalized spacial score (nSPS) is 17.8. The largest absolute Gasteiger partial charge is 0.441 e. The lowest BCUT2D eigenvalue weighted by Gasteiger charge is -2.26. The van der Waals surface area contributed by atoms with Gasteiger partial charge in [-0.05, 0) is 37.0 Å². The number of ether oxygens (including phenoxy) is 1. The highest BCUT2D eigenvalue weighted by atomic mass is 16.5. The van der Waals surface area contributed by atoms with Gasteiger partial charge in [0.05, 0.1) is 6.04 Å². The van der Waals surface area contributed by atoms with Crippen LogP contribution in [0.4, 0.5) is 5.69 Å². The number of nitrogens with two attached hydrogens (primary N) is 1. The summed E-state index contributed by atoms with van der Waals surface area (Å²) in [5.41, 5.74) is 8.17. The van der Waals surface area contributed by atoms with E-state index in [1.54, 1.807) is 25.1 Å². The van der Waals surface area contributed by atoms with Crippen molar-refractivity contribution >= 4 is 22.7 Å². The van der Waals surface area contributed by atoms with Crippen molar-refractivity contribution in [2.45, 2.75) is 25.8 Å². The first-order chi connectivity index (χ1) is 10.1. The number of rotatable bonds is 3. The Kier molecular flexibility index (Phi) is 3.90. The zero-order valence-corrected chi connectivity index (χ0v) is 12.0. The summed E-state index contributed by atoms with van der Waals surface area (Å²) in [6.07, 6.45) is 1.66. The molecule has 0 bridgehead atoms. The molecule has 1 aromatic carbocycles. The summed E-state index contributed by atoms with van der Waals surface area (Å²) < 4.78 is 10.7. The van der Waals surface area contributed by atoms with Crippen LogP contribution in [0, 0.1) is 12.8 Å². The molecule has 0 aliphatic carbocycles. The first kappa shape index (κ1) is 14.0. The van der Waals surface area contributed by atoms with Crippen molar-refractivity contribution in [2.24, 2.45) is 11.7 Å². The first-order valence-electron chi connectivity index (χ1n) is 7.15. The third-order valence-corrected chi connectivity index (χ3v) is 3.84. The number of nitrogens with one attached hydrogen (secondary N) is 1. The second-order valence-electron chi connectivity index (χ2n) is 5.38. The first-order valence-corrected chi connectivity index (χ1v) is 7.15.